The lowest BCUT2D eigenvalue weighted by atomic mass is 9.83. The molecule has 1 rings (SSSR count). The van der Waals surface area contributed by atoms with Gasteiger partial charge in [-0.05, 0) is 31.1 Å². The van der Waals surface area contributed by atoms with Crippen LogP contribution in [0.4, 0.5) is 0 Å². The van der Waals surface area contributed by atoms with E-state index in [1.165, 1.54) is 19.3 Å². The van der Waals surface area contributed by atoms with E-state index in [9.17, 15) is 0 Å². The van der Waals surface area contributed by atoms with Crippen molar-refractivity contribution < 1.29 is 0 Å². The van der Waals surface area contributed by atoms with E-state index >= 15 is 0 Å². The maximum absolute atomic E-state index is 2.47. The van der Waals surface area contributed by atoms with Crippen LogP contribution < -0.4 is 0 Å². The number of hydrogen-bond acceptors (Lipinski definition) is 0. The third kappa shape index (κ3) is 1.62. The Morgan fingerprint density at radius 3 is 2.60 bits per heavy atom. The van der Waals surface area contributed by atoms with Crippen molar-refractivity contribution in [1.29, 1.82) is 0 Å². The molecule has 10 heavy (non-hydrogen) atoms. The van der Waals surface area contributed by atoms with Crippen molar-refractivity contribution >= 4 is 0 Å². The smallest absolute Gasteiger partial charge is 0.0231 e. The third-order valence-electron chi connectivity index (χ3n) is 2.59. The van der Waals surface area contributed by atoms with Gasteiger partial charge in [-0.2, -0.15) is 0 Å². The first kappa shape index (κ1) is 7.84. The summed E-state index contributed by atoms with van der Waals surface area (Å²) >= 11 is 0. The molecule has 0 radical (unpaired) electrons. The lowest BCUT2D eigenvalue weighted by molar-refractivity contribution is 0.469. The Morgan fingerprint density at radius 2 is 2.10 bits per heavy atom. The van der Waals surface area contributed by atoms with Gasteiger partial charge in [0.25, 0.3) is 0 Å². The molecule has 2 unspecified atom stereocenters. The maximum Gasteiger partial charge on any atom is -0.0231 e. The molecular formula is C10H18. The van der Waals surface area contributed by atoms with Gasteiger partial charge in [0.2, 0.25) is 0 Å². The van der Waals surface area contributed by atoms with Gasteiger partial charge in [-0.15, -0.1) is 0 Å². The molecule has 0 spiro atoms. The zero-order valence-electron chi connectivity index (χ0n) is 7.35. The first-order valence-corrected chi connectivity index (χ1v) is 4.44. The molecule has 2 atom stereocenters. The molecule has 0 aromatic carbocycles. The molecule has 0 heterocycles. The Bertz CT molecular complexity index is 133. The molecule has 58 valence electrons. The van der Waals surface area contributed by atoms with Crippen LogP contribution in [0.1, 0.15) is 40.0 Å². The number of rotatable bonds is 1. The molecule has 0 saturated heterocycles. The molecule has 0 fully saturated rings. The summed E-state index contributed by atoms with van der Waals surface area (Å²) in [5.41, 5.74) is 1.68. The van der Waals surface area contributed by atoms with Crippen LogP contribution in [0.2, 0.25) is 0 Å². The Hall–Kier alpha value is -0.260. The van der Waals surface area contributed by atoms with Gasteiger partial charge in [-0.1, -0.05) is 32.4 Å². The van der Waals surface area contributed by atoms with Crippen molar-refractivity contribution in [2.45, 2.75) is 40.0 Å². The third-order valence-corrected chi connectivity index (χ3v) is 2.59. The molecule has 0 amide bonds. The quantitative estimate of drug-likeness (QED) is 0.487. The van der Waals surface area contributed by atoms with Crippen molar-refractivity contribution in [3.63, 3.8) is 0 Å². The summed E-state index contributed by atoms with van der Waals surface area (Å²) in [4.78, 5) is 0. The summed E-state index contributed by atoms with van der Waals surface area (Å²) in [5, 5.41) is 0. The molecule has 0 aromatic heterocycles. The maximum atomic E-state index is 2.47. The van der Waals surface area contributed by atoms with Gasteiger partial charge in [0.05, 0.1) is 0 Å². The fourth-order valence-electron chi connectivity index (χ4n) is 1.78. The number of allylic oxidation sites excluding steroid dienone is 2. The van der Waals surface area contributed by atoms with Crippen LogP contribution in [0.25, 0.3) is 0 Å². The number of hydrogen-bond donors (Lipinski definition) is 0. The van der Waals surface area contributed by atoms with Crippen LogP contribution >= 0.6 is 0 Å². The van der Waals surface area contributed by atoms with Crippen LogP contribution in [0.15, 0.2) is 11.6 Å². The molecule has 0 bridgehead atoms. The van der Waals surface area contributed by atoms with Crippen molar-refractivity contribution in [1.82, 2.24) is 0 Å². The lowest BCUT2D eigenvalue weighted by Crippen LogP contribution is -2.08. The van der Waals surface area contributed by atoms with Gasteiger partial charge in [0, 0.05) is 0 Å². The van der Waals surface area contributed by atoms with Gasteiger partial charge in [-0.25, -0.2) is 0 Å². The van der Waals surface area contributed by atoms with Crippen LogP contribution in [0, 0.1) is 11.8 Å². The summed E-state index contributed by atoms with van der Waals surface area (Å²) < 4.78 is 0. The van der Waals surface area contributed by atoms with Crippen molar-refractivity contribution in [3.05, 3.63) is 11.6 Å². The van der Waals surface area contributed by atoms with Crippen molar-refractivity contribution in [3.8, 4) is 0 Å². The van der Waals surface area contributed by atoms with Gasteiger partial charge in [-0.3, -0.25) is 0 Å². The van der Waals surface area contributed by atoms with Crippen molar-refractivity contribution in [2.24, 2.45) is 11.8 Å². The van der Waals surface area contributed by atoms with Gasteiger partial charge in [0.1, 0.15) is 0 Å². The Labute approximate surface area is 64.3 Å². The summed E-state index contributed by atoms with van der Waals surface area (Å²) in [7, 11) is 0. The van der Waals surface area contributed by atoms with Crippen LogP contribution in [-0.4, -0.2) is 0 Å². The zero-order valence-corrected chi connectivity index (χ0v) is 7.35. The second-order valence-electron chi connectivity index (χ2n) is 3.55. The molecular weight excluding hydrogens is 120 g/mol. The molecule has 1 aliphatic carbocycles. The molecule has 0 heteroatoms. The van der Waals surface area contributed by atoms with Crippen molar-refractivity contribution in [2.75, 3.05) is 0 Å². The van der Waals surface area contributed by atoms with E-state index in [1.54, 1.807) is 5.57 Å². The largest absolute Gasteiger partial charge is 0.0822 e. The van der Waals surface area contributed by atoms with E-state index < -0.39 is 0 Å². The second kappa shape index (κ2) is 3.23. The van der Waals surface area contributed by atoms with E-state index in [0.717, 1.165) is 11.8 Å². The molecule has 0 saturated carbocycles. The van der Waals surface area contributed by atoms with Crippen LogP contribution in [0.5, 0.6) is 0 Å². The van der Waals surface area contributed by atoms with E-state index in [-0.39, 0.29) is 0 Å². The summed E-state index contributed by atoms with van der Waals surface area (Å²) in [6.45, 7) is 6.93. The van der Waals surface area contributed by atoms with Crippen LogP contribution in [-0.2, 0) is 0 Å². The highest BCUT2D eigenvalue weighted by atomic mass is 14.2. The SMILES string of the molecule is CCC1=CC(C)CCC1C. The van der Waals surface area contributed by atoms with E-state index in [1.807, 2.05) is 0 Å². The first-order valence-electron chi connectivity index (χ1n) is 4.44. The monoisotopic (exact) mass is 138 g/mol. The lowest BCUT2D eigenvalue weighted by Gasteiger charge is -2.23. The normalized spacial score (nSPS) is 33.7. The molecule has 1 aliphatic rings. The fraction of sp³-hybridized carbons (Fsp3) is 0.800. The summed E-state index contributed by atoms with van der Waals surface area (Å²) in [5.74, 6) is 1.70. The molecule has 0 nitrogen and oxygen atoms in total. The minimum Gasteiger partial charge on any atom is -0.0822 e. The topological polar surface area (TPSA) is 0 Å². The minimum absolute atomic E-state index is 0.839. The highest BCUT2D eigenvalue weighted by Crippen LogP contribution is 2.29. The predicted octanol–water partition coefficient (Wildman–Crippen LogP) is 3.39. The molecule has 0 aromatic rings. The van der Waals surface area contributed by atoms with Gasteiger partial charge >= 0.3 is 0 Å². The average molecular weight is 138 g/mol. The standard InChI is InChI=1S/C10H18/c1-4-10-7-8(2)5-6-9(10)3/h7-9H,4-6H2,1-3H3. The predicted molar refractivity (Wildman–Crippen MR) is 45.9 cm³/mol. The zero-order chi connectivity index (χ0) is 7.56. The molecule has 0 N–H and O–H groups in total. The van der Waals surface area contributed by atoms with E-state index in [0.29, 0.717) is 0 Å². The van der Waals surface area contributed by atoms with E-state index in [4.69, 9.17) is 0 Å². The Morgan fingerprint density at radius 1 is 1.40 bits per heavy atom. The fourth-order valence-corrected chi connectivity index (χ4v) is 1.78. The summed E-state index contributed by atoms with van der Waals surface area (Å²) in [6, 6.07) is 0. The highest BCUT2D eigenvalue weighted by Gasteiger charge is 2.14. The van der Waals surface area contributed by atoms with Gasteiger partial charge in [0.15, 0.2) is 0 Å². The first-order chi connectivity index (χ1) is 4.74. The second-order valence-corrected chi connectivity index (χ2v) is 3.55. The van der Waals surface area contributed by atoms with Crippen LogP contribution in [0.3, 0.4) is 0 Å². The highest BCUT2D eigenvalue weighted by molar-refractivity contribution is 5.09. The Kier molecular flexibility index (Phi) is 2.53. The van der Waals surface area contributed by atoms with Gasteiger partial charge < -0.3 is 0 Å². The summed E-state index contributed by atoms with van der Waals surface area (Å²) in [6.07, 6.45) is 6.52. The molecule has 0 aliphatic heterocycles. The van der Waals surface area contributed by atoms with E-state index in [2.05, 4.69) is 26.8 Å². The average Bonchev–Trinajstić information content (AvgIpc) is 1.94. The minimum atomic E-state index is 0.839. The Balaban J connectivity index is 2.62.